The molecule has 5 N–H and O–H groups in total. The van der Waals surface area contributed by atoms with E-state index in [1.54, 1.807) is 45.8 Å². The van der Waals surface area contributed by atoms with Crippen molar-refractivity contribution in [3.05, 3.63) is 108 Å². The molecule has 3 aromatic carbocycles. The lowest BCUT2D eigenvalue weighted by atomic mass is 9.98. The molecule has 0 unspecified atom stereocenters. The number of imide groups is 1. The SMILES string of the molecule is C=CCN1CC(=O)N2[C@@H](Cc3ccc(NC(=O)NC(N)=O)cc3)C(=O)N(Cc3cccc4scnc34)C[C@@H]2N1C(=O)NCc1ccccc1. The standard InChI is InChI=1S/C34H35N9O5S/c1-2-15-41-20-29(44)42-26(16-22-11-13-25(14-12-22)38-33(47)39-32(35)46)31(45)40(18-24-9-6-10-27-30(24)37-21-49-27)19-28(42)43(41)34(48)36-17-23-7-4-3-5-8-23/h2-14,21,26,28H,1,15-20H2,(H,36,48)(H4,35,38,39,46,47)/t26-,28-/m0/s1. The molecule has 3 heterocycles. The number of piperazine rings is 1. The molecule has 2 aliphatic rings. The van der Waals surface area contributed by atoms with Gasteiger partial charge in [0, 0.05) is 31.7 Å². The second kappa shape index (κ2) is 14.5. The van der Waals surface area contributed by atoms with E-state index >= 15 is 0 Å². The molecule has 0 radical (unpaired) electrons. The molecule has 0 bridgehead atoms. The van der Waals surface area contributed by atoms with Crippen LogP contribution in [0.15, 0.2) is 91.0 Å². The number of nitrogens with zero attached hydrogens (tertiary/aromatic N) is 5. The lowest BCUT2D eigenvalue weighted by Crippen LogP contribution is -2.76. The van der Waals surface area contributed by atoms with Gasteiger partial charge in [-0.1, -0.05) is 60.7 Å². The van der Waals surface area contributed by atoms with Crippen molar-refractivity contribution in [1.29, 1.82) is 0 Å². The molecule has 2 saturated heterocycles. The molecular formula is C34H35N9O5S. The first-order valence-electron chi connectivity index (χ1n) is 15.6. The van der Waals surface area contributed by atoms with Gasteiger partial charge in [0.25, 0.3) is 0 Å². The Hall–Kier alpha value is -5.80. The second-order valence-electron chi connectivity index (χ2n) is 11.6. The Morgan fingerprint density at radius 2 is 1.78 bits per heavy atom. The van der Waals surface area contributed by atoms with Gasteiger partial charge in [-0.2, -0.15) is 0 Å². The van der Waals surface area contributed by atoms with Gasteiger partial charge in [0.1, 0.15) is 12.2 Å². The van der Waals surface area contributed by atoms with Crippen LogP contribution in [0.4, 0.5) is 20.1 Å². The third-order valence-corrected chi connectivity index (χ3v) is 9.14. The Labute approximate surface area is 286 Å². The van der Waals surface area contributed by atoms with Gasteiger partial charge in [-0.15, -0.1) is 17.9 Å². The average molecular weight is 682 g/mol. The third kappa shape index (κ3) is 7.37. The summed E-state index contributed by atoms with van der Waals surface area (Å²) in [6, 6.07) is 18.9. The predicted molar refractivity (Wildman–Crippen MR) is 184 cm³/mol. The van der Waals surface area contributed by atoms with E-state index < -0.39 is 30.3 Å². The number of fused-ring (bicyclic) bond motifs is 2. The number of carbonyl (C=O) groups is 5. The first-order chi connectivity index (χ1) is 23.7. The van der Waals surface area contributed by atoms with Gasteiger partial charge in [-0.05, 0) is 34.9 Å². The first-order valence-corrected chi connectivity index (χ1v) is 16.4. The number of thiazole rings is 1. The number of amides is 8. The molecule has 2 aliphatic heterocycles. The van der Waals surface area contributed by atoms with Gasteiger partial charge in [0.15, 0.2) is 0 Å². The molecular weight excluding hydrogens is 646 g/mol. The molecule has 49 heavy (non-hydrogen) atoms. The van der Waals surface area contributed by atoms with Gasteiger partial charge in [-0.3, -0.25) is 14.9 Å². The highest BCUT2D eigenvalue weighted by atomic mass is 32.1. The highest BCUT2D eigenvalue weighted by molar-refractivity contribution is 7.16. The maximum absolute atomic E-state index is 14.4. The van der Waals surface area contributed by atoms with Crippen LogP contribution < -0.4 is 21.7 Å². The van der Waals surface area contributed by atoms with Crippen LogP contribution in [0.5, 0.6) is 0 Å². The Morgan fingerprint density at radius 3 is 2.51 bits per heavy atom. The number of hydrogen-bond acceptors (Lipinski definition) is 8. The Kier molecular flexibility index (Phi) is 9.82. The summed E-state index contributed by atoms with van der Waals surface area (Å²) in [4.78, 5) is 72.9. The maximum Gasteiger partial charge on any atom is 0.334 e. The number of hydrogen-bond donors (Lipinski definition) is 4. The lowest BCUT2D eigenvalue weighted by molar-refractivity contribution is -0.189. The minimum absolute atomic E-state index is 0.0752. The van der Waals surface area contributed by atoms with Crippen LogP contribution in [-0.4, -0.2) is 86.6 Å². The van der Waals surface area contributed by atoms with E-state index in [0.29, 0.717) is 11.3 Å². The number of aromatic nitrogens is 1. The second-order valence-corrected chi connectivity index (χ2v) is 12.5. The van der Waals surface area contributed by atoms with E-state index in [2.05, 4.69) is 22.2 Å². The van der Waals surface area contributed by atoms with E-state index in [1.165, 1.54) is 21.2 Å². The van der Waals surface area contributed by atoms with E-state index in [1.807, 2.05) is 53.8 Å². The fourth-order valence-corrected chi connectivity index (χ4v) is 6.92. The van der Waals surface area contributed by atoms with Crippen LogP contribution in [0, 0.1) is 0 Å². The largest absolute Gasteiger partial charge is 0.351 e. The number of benzene rings is 3. The van der Waals surface area contributed by atoms with E-state index in [-0.39, 0.29) is 51.0 Å². The van der Waals surface area contributed by atoms with Crippen molar-refractivity contribution >= 4 is 57.1 Å². The molecule has 14 nitrogen and oxygen atoms in total. The molecule has 8 amide bonds. The quantitative estimate of drug-likeness (QED) is 0.196. The van der Waals surface area contributed by atoms with Crippen molar-refractivity contribution < 1.29 is 24.0 Å². The molecule has 4 aromatic rings. The van der Waals surface area contributed by atoms with Crippen LogP contribution in [0.3, 0.4) is 0 Å². The fraction of sp³-hybridized carbons (Fsp3) is 0.235. The van der Waals surface area contributed by atoms with E-state index in [9.17, 15) is 24.0 Å². The monoisotopic (exact) mass is 681 g/mol. The number of nitrogens with two attached hydrogens (primary N) is 1. The average Bonchev–Trinajstić information content (AvgIpc) is 3.57. The summed E-state index contributed by atoms with van der Waals surface area (Å²) in [6.45, 7) is 4.53. The summed E-state index contributed by atoms with van der Waals surface area (Å²) in [6.07, 6.45) is 0.965. The number of hydrazine groups is 1. The predicted octanol–water partition coefficient (Wildman–Crippen LogP) is 3.23. The lowest BCUT2D eigenvalue weighted by Gasteiger charge is -2.55. The van der Waals surface area contributed by atoms with E-state index in [4.69, 9.17) is 5.73 Å². The summed E-state index contributed by atoms with van der Waals surface area (Å²) in [5.74, 6) is -0.554. The third-order valence-electron chi connectivity index (χ3n) is 8.35. The van der Waals surface area contributed by atoms with Crippen LogP contribution in [0.2, 0.25) is 0 Å². The van der Waals surface area contributed by atoms with Gasteiger partial charge in [0.2, 0.25) is 11.8 Å². The van der Waals surface area contributed by atoms with Crippen molar-refractivity contribution in [2.24, 2.45) is 5.73 Å². The van der Waals surface area contributed by atoms with Gasteiger partial charge in [0.05, 0.1) is 28.8 Å². The van der Waals surface area contributed by atoms with Crippen molar-refractivity contribution in [1.82, 2.24) is 35.4 Å². The zero-order chi connectivity index (χ0) is 34.5. The van der Waals surface area contributed by atoms with Crippen molar-refractivity contribution in [2.45, 2.75) is 31.7 Å². The highest BCUT2D eigenvalue weighted by Gasteiger charge is 2.51. The minimum Gasteiger partial charge on any atom is -0.351 e. The number of nitrogens with one attached hydrogen (secondary N) is 3. The number of carbonyl (C=O) groups excluding carboxylic acids is 5. The summed E-state index contributed by atoms with van der Waals surface area (Å²) in [5, 5.41) is 10.6. The van der Waals surface area contributed by atoms with Gasteiger partial charge < -0.3 is 26.2 Å². The molecule has 0 spiro atoms. The molecule has 1 aromatic heterocycles. The number of anilines is 1. The van der Waals surface area contributed by atoms with Crippen LogP contribution in [-0.2, 0) is 29.1 Å². The maximum atomic E-state index is 14.4. The fourth-order valence-electron chi connectivity index (χ4n) is 6.20. The highest BCUT2D eigenvalue weighted by Crippen LogP contribution is 2.31. The first kappa shape index (κ1) is 33.1. The Bertz CT molecular complexity index is 1880. The number of urea groups is 3. The minimum atomic E-state index is -0.990. The molecule has 6 rings (SSSR count). The van der Waals surface area contributed by atoms with Gasteiger partial charge >= 0.3 is 18.1 Å². The summed E-state index contributed by atoms with van der Waals surface area (Å²) >= 11 is 1.51. The molecule has 15 heteroatoms. The zero-order valence-electron chi connectivity index (χ0n) is 26.5. The van der Waals surface area contributed by atoms with Crippen molar-refractivity contribution in [2.75, 3.05) is 25.0 Å². The molecule has 0 aliphatic carbocycles. The van der Waals surface area contributed by atoms with Crippen LogP contribution in [0.25, 0.3) is 10.2 Å². The molecule has 0 saturated carbocycles. The van der Waals surface area contributed by atoms with E-state index in [0.717, 1.165) is 21.3 Å². The number of para-hydroxylation sites is 1. The normalized spacial score (nSPS) is 17.8. The van der Waals surface area contributed by atoms with Crippen molar-refractivity contribution in [3.8, 4) is 0 Å². The molecule has 2 fully saturated rings. The number of rotatable bonds is 9. The summed E-state index contributed by atoms with van der Waals surface area (Å²) in [5.41, 5.74) is 10.4. The summed E-state index contributed by atoms with van der Waals surface area (Å²) in [7, 11) is 0. The van der Waals surface area contributed by atoms with Crippen LogP contribution in [0.1, 0.15) is 16.7 Å². The van der Waals surface area contributed by atoms with Crippen molar-refractivity contribution in [3.63, 3.8) is 0 Å². The Balaban J connectivity index is 1.32. The molecule has 252 valence electrons. The van der Waals surface area contributed by atoms with Gasteiger partial charge in [-0.25, -0.2) is 29.4 Å². The Morgan fingerprint density at radius 1 is 1.00 bits per heavy atom. The number of primary amides is 1. The molecule has 2 atom stereocenters. The van der Waals surface area contributed by atoms with Crippen LogP contribution >= 0.6 is 11.3 Å². The topological polar surface area (TPSA) is 173 Å². The summed E-state index contributed by atoms with van der Waals surface area (Å²) < 4.78 is 0.991. The smallest absolute Gasteiger partial charge is 0.334 e. The zero-order valence-corrected chi connectivity index (χ0v) is 27.3.